The summed E-state index contributed by atoms with van der Waals surface area (Å²) in [7, 11) is 0. The molecule has 4 nitrogen and oxygen atoms in total. The molecule has 1 aromatic rings. The van der Waals surface area contributed by atoms with Crippen molar-refractivity contribution in [2.75, 3.05) is 6.54 Å². The summed E-state index contributed by atoms with van der Waals surface area (Å²) in [5.74, 6) is 2.84. The Morgan fingerprint density at radius 3 is 2.82 bits per heavy atom. The van der Waals surface area contributed by atoms with Crippen LogP contribution in [0.4, 0.5) is 0 Å². The summed E-state index contributed by atoms with van der Waals surface area (Å²) >= 11 is 0. The highest BCUT2D eigenvalue weighted by Gasteiger charge is 2.33. The molecule has 0 bridgehead atoms. The van der Waals surface area contributed by atoms with Gasteiger partial charge >= 0.3 is 0 Å². The molecular formula is C13H21N3O. The average molecular weight is 235 g/mol. The van der Waals surface area contributed by atoms with Crippen LogP contribution in [0, 0.1) is 0 Å². The van der Waals surface area contributed by atoms with Crippen molar-refractivity contribution in [2.45, 2.75) is 63.3 Å². The second kappa shape index (κ2) is 4.77. The van der Waals surface area contributed by atoms with Gasteiger partial charge in [0.15, 0.2) is 5.82 Å². The number of hydrogen-bond acceptors (Lipinski definition) is 4. The summed E-state index contributed by atoms with van der Waals surface area (Å²) in [5, 5.41) is 7.69. The fourth-order valence-electron chi connectivity index (χ4n) is 2.84. The van der Waals surface area contributed by atoms with Crippen LogP contribution >= 0.6 is 0 Å². The van der Waals surface area contributed by atoms with Gasteiger partial charge in [0.2, 0.25) is 5.89 Å². The number of likely N-dealkylation sites (N-methyl/N-ethyl adjacent to an activating group) is 1. The van der Waals surface area contributed by atoms with E-state index < -0.39 is 0 Å². The smallest absolute Gasteiger partial charge is 0.231 e. The summed E-state index contributed by atoms with van der Waals surface area (Å²) < 4.78 is 5.48. The molecule has 1 aromatic heterocycles. The maximum absolute atomic E-state index is 5.48. The highest BCUT2D eigenvalue weighted by atomic mass is 16.5. The minimum Gasteiger partial charge on any atom is -0.339 e. The van der Waals surface area contributed by atoms with Gasteiger partial charge in [0.05, 0.1) is 5.92 Å². The van der Waals surface area contributed by atoms with E-state index in [0.717, 1.165) is 18.3 Å². The first-order valence-electron chi connectivity index (χ1n) is 6.95. The van der Waals surface area contributed by atoms with E-state index >= 15 is 0 Å². The third-order valence-corrected chi connectivity index (χ3v) is 3.95. The van der Waals surface area contributed by atoms with E-state index in [0.29, 0.717) is 17.9 Å². The van der Waals surface area contributed by atoms with Crippen LogP contribution in [0.2, 0.25) is 0 Å². The molecule has 94 valence electrons. The van der Waals surface area contributed by atoms with Gasteiger partial charge in [-0.1, -0.05) is 24.9 Å². The fourth-order valence-corrected chi connectivity index (χ4v) is 2.84. The Labute approximate surface area is 102 Å². The Balaban J connectivity index is 1.74. The number of nitrogens with zero attached hydrogens (tertiary/aromatic N) is 2. The predicted octanol–water partition coefficient (Wildman–Crippen LogP) is 2.58. The lowest BCUT2D eigenvalue weighted by molar-refractivity contribution is 0.264. The van der Waals surface area contributed by atoms with Crippen LogP contribution in [0.3, 0.4) is 0 Å². The quantitative estimate of drug-likeness (QED) is 0.871. The van der Waals surface area contributed by atoms with Crippen molar-refractivity contribution < 1.29 is 4.52 Å². The first-order valence-corrected chi connectivity index (χ1v) is 6.95. The van der Waals surface area contributed by atoms with Crippen LogP contribution in [0.25, 0.3) is 0 Å². The van der Waals surface area contributed by atoms with Crippen molar-refractivity contribution in [1.29, 1.82) is 0 Å². The largest absolute Gasteiger partial charge is 0.339 e. The standard InChI is InChI=1S/C13H21N3O/c1-2-14-11-6-4-3-5-10(11)13-15-12(16-17-13)9-7-8-9/h9-11,14H,2-8H2,1H3. The molecule has 2 fully saturated rings. The zero-order valence-electron chi connectivity index (χ0n) is 10.5. The second-order valence-corrected chi connectivity index (χ2v) is 5.32. The monoisotopic (exact) mass is 235 g/mol. The first-order chi connectivity index (χ1) is 8.38. The molecule has 0 radical (unpaired) electrons. The number of aromatic nitrogens is 2. The van der Waals surface area contributed by atoms with Crippen LogP contribution in [-0.4, -0.2) is 22.7 Å². The van der Waals surface area contributed by atoms with Gasteiger partial charge in [-0.2, -0.15) is 4.98 Å². The third-order valence-electron chi connectivity index (χ3n) is 3.95. The lowest BCUT2D eigenvalue weighted by Gasteiger charge is -2.29. The van der Waals surface area contributed by atoms with Crippen LogP contribution in [-0.2, 0) is 0 Å². The molecule has 2 aliphatic rings. The topological polar surface area (TPSA) is 51.0 Å². The molecule has 0 aromatic carbocycles. The fraction of sp³-hybridized carbons (Fsp3) is 0.846. The van der Waals surface area contributed by atoms with E-state index in [1.807, 2.05) is 0 Å². The summed E-state index contributed by atoms with van der Waals surface area (Å²) in [4.78, 5) is 4.61. The Kier molecular flexibility index (Phi) is 3.14. The van der Waals surface area contributed by atoms with Gasteiger partial charge in [0.25, 0.3) is 0 Å². The molecule has 2 saturated carbocycles. The van der Waals surface area contributed by atoms with Gasteiger partial charge in [-0.15, -0.1) is 0 Å². The van der Waals surface area contributed by atoms with E-state index in [9.17, 15) is 0 Å². The molecule has 1 heterocycles. The maximum Gasteiger partial charge on any atom is 0.231 e. The van der Waals surface area contributed by atoms with Gasteiger partial charge in [-0.05, 0) is 32.2 Å². The van der Waals surface area contributed by atoms with E-state index in [2.05, 4.69) is 22.4 Å². The van der Waals surface area contributed by atoms with Gasteiger partial charge < -0.3 is 9.84 Å². The third kappa shape index (κ3) is 2.37. The Hall–Kier alpha value is -0.900. The molecule has 2 unspecified atom stereocenters. The SMILES string of the molecule is CCNC1CCCCC1c1nc(C2CC2)no1. The lowest BCUT2D eigenvalue weighted by atomic mass is 9.84. The minimum atomic E-state index is 0.434. The van der Waals surface area contributed by atoms with E-state index in [1.165, 1.54) is 38.5 Å². The summed E-state index contributed by atoms with van der Waals surface area (Å²) in [5.41, 5.74) is 0. The Bertz CT molecular complexity index is 370. The highest BCUT2D eigenvalue weighted by molar-refractivity contribution is 5.07. The zero-order chi connectivity index (χ0) is 11.7. The molecule has 1 N–H and O–H groups in total. The van der Waals surface area contributed by atoms with Crippen LogP contribution < -0.4 is 5.32 Å². The van der Waals surface area contributed by atoms with Gasteiger partial charge in [0.1, 0.15) is 0 Å². The normalized spacial score (nSPS) is 29.5. The summed E-state index contributed by atoms with van der Waals surface area (Å²) in [6.07, 6.45) is 7.50. The molecule has 2 aliphatic carbocycles. The van der Waals surface area contributed by atoms with Crippen molar-refractivity contribution >= 4 is 0 Å². The zero-order valence-corrected chi connectivity index (χ0v) is 10.5. The maximum atomic E-state index is 5.48. The van der Waals surface area contributed by atoms with Crippen LogP contribution in [0.1, 0.15) is 69.0 Å². The summed E-state index contributed by atoms with van der Waals surface area (Å²) in [6, 6.07) is 0.529. The molecule has 0 spiro atoms. The molecule has 17 heavy (non-hydrogen) atoms. The van der Waals surface area contributed by atoms with Crippen molar-refractivity contribution in [3.8, 4) is 0 Å². The first kappa shape index (κ1) is 11.2. The van der Waals surface area contributed by atoms with Crippen molar-refractivity contribution in [3.05, 3.63) is 11.7 Å². The molecule has 0 amide bonds. The van der Waals surface area contributed by atoms with Crippen LogP contribution in [0.5, 0.6) is 0 Å². The number of rotatable bonds is 4. The second-order valence-electron chi connectivity index (χ2n) is 5.32. The molecule has 2 atom stereocenters. The number of nitrogens with one attached hydrogen (secondary N) is 1. The lowest BCUT2D eigenvalue weighted by Crippen LogP contribution is -2.37. The minimum absolute atomic E-state index is 0.434. The van der Waals surface area contributed by atoms with Crippen molar-refractivity contribution in [1.82, 2.24) is 15.5 Å². The van der Waals surface area contributed by atoms with Gasteiger partial charge in [-0.25, -0.2) is 0 Å². The number of hydrogen-bond donors (Lipinski definition) is 1. The van der Waals surface area contributed by atoms with Gasteiger partial charge in [0, 0.05) is 12.0 Å². The molecule has 0 saturated heterocycles. The molecule has 4 heteroatoms. The Morgan fingerprint density at radius 1 is 1.24 bits per heavy atom. The average Bonchev–Trinajstić information content (AvgIpc) is 3.09. The van der Waals surface area contributed by atoms with E-state index in [4.69, 9.17) is 4.52 Å². The van der Waals surface area contributed by atoms with Crippen molar-refractivity contribution in [2.24, 2.45) is 0 Å². The predicted molar refractivity (Wildman–Crippen MR) is 64.9 cm³/mol. The van der Waals surface area contributed by atoms with Crippen molar-refractivity contribution in [3.63, 3.8) is 0 Å². The molecule has 3 rings (SSSR count). The Morgan fingerprint density at radius 2 is 2.06 bits per heavy atom. The van der Waals surface area contributed by atoms with E-state index in [1.54, 1.807) is 0 Å². The summed E-state index contributed by atoms with van der Waals surface area (Å²) in [6.45, 7) is 3.18. The molecule has 0 aliphatic heterocycles. The highest BCUT2D eigenvalue weighted by Crippen LogP contribution is 2.39. The van der Waals surface area contributed by atoms with Gasteiger partial charge in [-0.3, -0.25) is 0 Å². The van der Waals surface area contributed by atoms with E-state index in [-0.39, 0.29) is 0 Å². The van der Waals surface area contributed by atoms with Crippen LogP contribution in [0.15, 0.2) is 4.52 Å². The molecular weight excluding hydrogens is 214 g/mol.